The summed E-state index contributed by atoms with van der Waals surface area (Å²) in [4.78, 5) is 20.5. The second kappa shape index (κ2) is 6.69. The molecule has 0 aromatic carbocycles. The van der Waals surface area contributed by atoms with E-state index in [0.29, 0.717) is 18.1 Å². The zero-order valence-electron chi connectivity index (χ0n) is 12.3. The third-order valence-electron chi connectivity index (χ3n) is 2.83. The van der Waals surface area contributed by atoms with Crippen molar-refractivity contribution in [1.29, 1.82) is 0 Å². The molecule has 0 saturated carbocycles. The fourth-order valence-electron chi connectivity index (χ4n) is 1.82. The molecule has 0 spiro atoms. The number of carbonyl (C=O) groups is 1. The lowest BCUT2D eigenvalue weighted by atomic mass is 10.3. The minimum atomic E-state index is -0.352. The molecular weight excluding hydrogens is 268 g/mol. The first-order chi connectivity index (χ1) is 10.1. The standard InChI is InChI=1S/C15H18N4O2/c1-10-5-4-6-12(17-10)9-16-15(20)19-14-13(21-3)8-7-11(2)18-14/h4-8H,9H2,1-3H3,(H2,16,18,19,20). The molecule has 0 saturated heterocycles. The lowest BCUT2D eigenvalue weighted by Crippen LogP contribution is -2.29. The summed E-state index contributed by atoms with van der Waals surface area (Å²) >= 11 is 0. The second-order valence-corrected chi connectivity index (χ2v) is 4.58. The normalized spacial score (nSPS) is 10.0. The summed E-state index contributed by atoms with van der Waals surface area (Å²) in [5, 5.41) is 5.41. The molecule has 0 fully saturated rings. The Morgan fingerprint density at radius 1 is 1.14 bits per heavy atom. The van der Waals surface area contributed by atoms with Gasteiger partial charge in [-0.15, -0.1) is 0 Å². The van der Waals surface area contributed by atoms with E-state index < -0.39 is 0 Å². The highest BCUT2D eigenvalue weighted by molar-refractivity contribution is 5.89. The molecule has 0 bridgehead atoms. The highest BCUT2D eigenvalue weighted by Crippen LogP contribution is 2.21. The Morgan fingerprint density at radius 3 is 2.62 bits per heavy atom. The van der Waals surface area contributed by atoms with Gasteiger partial charge < -0.3 is 10.1 Å². The molecule has 0 aliphatic carbocycles. The van der Waals surface area contributed by atoms with Gasteiger partial charge in [-0.3, -0.25) is 10.3 Å². The van der Waals surface area contributed by atoms with Crippen molar-refractivity contribution in [3.8, 4) is 5.75 Å². The average molecular weight is 286 g/mol. The number of nitrogens with zero attached hydrogens (tertiary/aromatic N) is 2. The maximum Gasteiger partial charge on any atom is 0.320 e. The quantitative estimate of drug-likeness (QED) is 0.905. The van der Waals surface area contributed by atoms with E-state index in [-0.39, 0.29) is 6.03 Å². The lowest BCUT2D eigenvalue weighted by Gasteiger charge is -2.11. The van der Waals surface area contributed by atoms with Gasteiger partial charge in [0, 0.05) is 11.4 Å². The Labute approximate surface area is 123 Å². The number of ether oxygens (including phenoxy) is 1. The number of carbonyl (C=O) groups excluding carboxylic acids is 1. The van der Waals surface area contributed by atoms with E-state index >= 15 is 0 Å². The van der Waals surface area contributed by atoms with E-state index in [1.807, 2.05) is 38.1 Å². The van der Waals surface area contributed by atoms with Crippen LogP contribution in [0, 0.1) is 13.8 Å². The first-order valence-electron chi connectivity index (χ1n) is 6.57. The highest BCUT2D eigenvalue weighted by atomic mass is 16.5. The van der Waals surface area contributed by atoms with E-state index in [4.69, 9.17) is 4.74 Å². The average Bonchev–Trinajstić information content (AvgIpc) is 2.45. The largest absolute Gasteiger partial charge is 0.493 e. The van der Waals surface area contributed by atoms with Gasteiger partial charge in [-0.05, 0) is 38.1 Å². The van der Waals surface area contributed by atoms with Crippen molar-refractivity contribution in [2.45, 2.75) is 20.4 Å². The van der Waals surface area contributed by atoms with Crippen LogP contribution in [0.15, 0.2) is 30.3 Å². The van der Waals surface area contributed by atoms with Crippen LogP contribution < -0.4 is 15.4 Å². The molecule has 2 rings (SSSR count). The van der Waals surface area contributed by atoms with Gasteiger partial charge in [0.1, 0.15) is 0 Å². The van der Waals surface area contributed by atoms with Crippen LogP contribution in [0.5, 0.6) is 5.75 Å². The molecule has 2 aromatic rings. The smallest absolute Gasteiger partial charge is 0.320 e. The van der Waals surface area contributed by atoms with E-state index in [1.165, 1.54) is 7.11 Å². The number of hydrogen-bond donors (Lipinski definition) is 2. The number of rotatable bonds is 4. The monoisotopic (exact) mass is 286 g/mol. The van der Waals surface area contributed by atoms with Gasteiger partial charge >= 0.3 is 6.03 Å². The van der Waals surface area contributed by atoms with Crippen molar-refractivity contribution in [2.24, 2.45) is 0 Å². The van der Waals surface area contributed by atoms with Crippen LogP contribution in [0.3, 0.4) is 0 Å². The maximum absolute atomic E-state index is 11.9. The fraction of sp³-hybridized carbons (Fsp3) is 0.267. The summed E-state index contributed by atoms with van der Waals surface area (Å²) in [6.45, 7) is 4.10. The zero-order chi connectivity index (χ0) is 15.2. The van der Waals surface area contributed by atoms with Crippen LogP contribution in [0.1, 0.15) is 17.1 Å². The molecular formula is C15H18N4O2. The first kappa shape index (κ1) is 14.8. The number of anilines is 1. The van der Waals surface area contributed by atoms with Crippen LogP contribution in [-0.2, 0) is 6.54 Å². The molecule has 2 heterocycles. The number of hydrogen-bond acceptors (Lipinski definition) is 4. The second-order valence-electron chi connectivity index (χ2n) is 4.58. The van der Waals surface area contributed by atoms with Crippen molar-refractivity contribution < 1.29 is 9.53 Å². The highest BCUT2D eigenvalue weighted by Gasteiger charge is 2.09. The third kappa shape index (κ3) is 4.17. The molecule has 0 atom stereocenters. The topological polar surface area (TPSA) is 76.1 Å². The van der Waals surface area contributed by atoms with E-state index in [1.54, 1.807) is 6.07 Å². The lowest BCUT2D eigenvalue weighted by molar-refractivity contribution is 0.251. The first-order valence-corrected chi connectivity index (χ1v) is 6.57. The van der Waals surface area contributed by atoms with Gasteiger partial charge in [-0.1, -0.05) is 6.07 Å². The predicted octanol–water partition coefficient (Wildman–Crippen LogP) is 2.42. The Morgan fingerprint density at radius 2 is 1.90 bits per heavy atom. The number of urea groups is 1. The Bertz CT molecular complexity index is 643. The minimum Gasteiger partial charge on any atom is -0.493 e. The molecule has 2 aromatic heterocycles. The summed E-state index contributed by atoms with van der Waals surface area (Å²) in [6.07, 6.45) is 0. The van der Waals surface area contributed by atoms with Gasteiger partial charge in [0.25, 0.3) is 0 Å². The molecule has 110 valence electrons. The number of aromatic nitrogens is 2. The molecule has 0 aliphatic heterocycles. The Kier molecular flexibility index (Phi) is 4.71. The molecule has 0 aliphatic rings. The fourth-order valence-corrected chi connectivity index (χ4v) is 1.82. The van der Waals surface area contributed by atoms with E-state index in [2.05, 4.69) is 20.6 Å². The molecule has 0 radical (unpaired) electrons. The third-order valence-corrected chi connectivity index (χ3v) is 2.83. The van der Waals surface area contributed by atoms with E-state index in [0.717, 1.165) is 17.1 Å². The zero-order valence-corrected chi connectivity index (χ0v) is 12.3. The molecule has 2 amide bonds. The van der Waals surface area contributed by atoms with Gasteiger partial charge in [-0.25, -0.2) is 9.78 Å². The van der Waals surface area contributed by atoms with Crippen molar-refractivity contribution >= 4 is 11.8 Å². The Balaban J connectivity index is 1.97. The van der Waals surface area contributed by atoms with Crippen molar-refractivity contribution in [1.82, 2.24) is 15.3 Å². The van der Waals surface area contributed by atoms with Gasteiger partial charge in [0.15, 0.2) is 11.6 Å². The van der Waals surface area contributed by atoms with Gasteiger partial charge in [-0.2, -0.15) is 0 Å². The van der Waals surface area contributed by atoms with Crippen molar-refractivity contribution in [3.05, 3.63) is 47.4 Å². The van der Waals surface area contributed by atoms with Crippen LogP contribution in [0.4, 0.5) is 10.6 Å². The maximum atomic E-state index is 11.9. The molecule has 6 heteroatoms. The predicted molar refractivity (Wildman–Crippen MR) is 80.4 cm³/mol. The Hall–Kier alpha value is -2.63. The summed E-state index contributed by atoms with van der Waals surface area (Å²) in [7, 11) is 1.53. The molecule has 6 nitrogen and oxygen atoms in total. The van der Waals surface area contributed by atoms with Crippen LogP contribution >= 0.6 is 0 Å². The SMILES string of the molecule is COc1ccc(C)nc1NC(=O)NCc1cccc(C)n1. The molecule has 0 unspecified atom stereocenters. The van der Waals surface area contributed by atoms with Gasteiger partial charge in [0.05, 0.1) is 19.3 Å². The van der Waals surface area contributed by atoms with Crippen molar-refractivity contribution in [3.63, 3.8) is 0 Å². The summed E-state index contributed by atoms with van der Waals surface area (Å²) in [5.41, 5.74) is 2.51. The van der Waals surface area contributed by atoms with Crippen LogP contribution in [0.25, 0.3) is 0 Å². The summed E-state index contributed by atoms with van der Waals surface area (Å²) in [5.74, 6) is 0.914. The summed E-state index contributed by atoms with van der Waals surface area (Å²) in [6, 6.07) is 8.90. The van der Waals surface area contributed by atoms with Gasteiger partial charge in [0.2, 0.25) is 0 Å². The van der Waals surface area contributed by atoms with Crippen LogP contribution in [-0.4, -0.2) is 23.1 Å². The number of pyridine rings is 2. The number of aryl methyl sites for hydroxylation is 2. The van der Waals surface area contributed by atoms with Crippen LogP contribution in [0.2, 0.25) is 0 Å². The number of nitrogens with one attached hydrogen (secondary N) is 2. The molecule has 2 N–H and O–H groups in total. The minimum absolute atomic E-state index is 0.349. The molecule has 21 heavy (non-hydrogen) atoms. The van der Waals surface area contributed by atoms with Crippen molar-refractivity contribution in [2.75, 3.05) is 12.4 Å². The number of amides is 2. The van der Waals surface area contributed by atoms with E-state index in [9.17, 15) is 4.79 Å². The number of methoxy groups -OCH3 is 1. The summed E-state index contributed by atoms with van der Waals surface area (Å²) < 4.78 is 5.16.